The molecule has 84 valence electrons. The van der Waals surface area contributed by atoms with Gasteiger partial charge in [-0.15, -0.1) is 0 Å². The van der Waals surface area contributed by atoms with Crippen LogP contribution in [-0.4, -0.2) is 36.3 Å². The summed E-state index contributed by atoms with van der Waals surface area (Å²) in [5.41, 5.74) is 5.62. The van der Waals surface area contributed by atoms with Crippen molar-refractivity contribution in [3.63, 3.8) is 0 Å². The van der Waals surface area contributed by atoms with Crippen molar-refractivity contribution < 1.29 is 4.74 Å². The van der Waals surface area contributed by atoms with Crippen LogP contribution in [0.25, 0.3) is 0 Å². The summed E-state index contributed by atoms with van der Waals surface area (Å²) in [6.07, 6.45) is 1.67. The van der Waals surface area contributed by atoms with E-state index in [1.54, 1.807) is 19.4 Å². The molecular weight excluding hydrogens is 192 g/mol. The maximum Gasteiger partial charge on any atom is 0.227 e. The molecule has 0 fully saturated rings. The number of ether oxygens (including phenoxy) is 1. The van der Waals surface area contributed by atoms with E-state index in [0.29, 0.717) is 18.4 Å². The smallest absolute Gasteiger partial charge is 0.227 e. The lowest BCUT2D eigenvalue weighted by Crippen LogP contribution is -2.37. The highest BCUT2D eigenvalue weighted by atomic mass is 16.5. The van der Waals surface area contributed by atoms with Gasteiger partial charge in [0.25, 0.3) is 0 Å². The van der Waals surface area contributed by atoms with Crippen LogP contribution < -0.4 is 10.6 Å². The van der Waals surface area contributed by atoms with Crippen LogP contribution in [0.3, 0.4) is 0 Å². The Bertz CT molecular complexity index is 305. The normalized spacial score (nSPS) is 12.5. The summed E-state index contributed by atoms with van der Waals surface area (Å²) in [7, 11) is 1.69. The summed E-state index contributed by atoms with van der Waals surface area (Å²) < 4.78 is 5.11. The van der Waals surface area contributed by atoms with Crippen molar-refractivity contribution in [3.8, 4) is 0 Å². The molecule has 0 aliphatic carbocycles. The summed E-state index contributed by atoms with van der Waals surface area (Å²) >= 11 is 0. The first-order valence-corrected chi connectivity index (χ1v) is 5.03. The van der Waals surface area contributed by atoms with Crippen molar-refractivity contribution >= 4 is 11.8 Å². The van der Waals surface area contributed by atoms with E-state index in [0.717, 1.165) is 6.54 Å². The third-order valence-corrected chi connectivity index (χ3v) is 2.20. The zero-order valence-electron chi connectivity index (χ0n) is 9.47. The van der Waals surface area contributed by atoms with Crippen LogP contribution in [0, 0.1) is 0 Å². The Morgan fingerprint density at radius 2 is 2.33 bits per heavy atom. The van der Waals surface area contributed by atoms with Crippen molar-refractivity contribution in [2.24, 2.45) is 0 Å². The molecule has 0 aromatic carbocycles. The molecule has 0 amide bonds. The van der Waals surface area contributed by atoms with Gasteiger partial charge in [0, 0.05) is 19.9 Å². The van der Waals surface area contributed by atoms with E-state index in [2.05, 4.69) is 28.7 Å². The topological polar surface area (TPSA) is 64.3 Å². The van der Waals surface area contributed by atoms with Gasteiger partial charge in [-0.3, -0.25) is 0 Å². The van der Waals surface area contributed by atoms with Gasteiger partial charge in [-0.1, -0.05) is 0 Å². The predicted molar refractivity (Wildman–Crippen MR) is 60.8 cm³/mol. The molecule has 0 aliphatic rings. The van der Waals surface area contributed by atoms with Gasteiger partial charge in [0.1, 0.15) is 5.82 Å². The molecule has 1 unspecified atom stereocenters. The number of aromatic nitrogens is 2. The van der Waals surface area contributed by atoms with E-state index in [-0.39, 0.29) is 6.04 Å². The monoisotopic (exact) mass is 210 g/mol. The van der Waals surface area contributed by atoms with E-state index in [4.69, 9.17) is 10.5 Å². The number of nitrogen functional groups attached to an aromatic ring is 1. The average molecular weight is 210 g/mol. The highest BCUT2D eigenvalue weighted by molar-refractivity contribution is 5.38. The van der Waals surface area contributed by atoms with Crippen LogP contribution in [0.15, 0.2) is 12.3 Å². The molecule has 5 heteroatoms. The Morgan fingerprint density at radius 1 is 1.60 bits per heavy atom. The number of likely N-dealkylation sites (N-methyl/N-ethyl adjacent to an activating group) is 1. The third-order valence-electron chi connectivity index (χ3n) is 2.20. The Hall–Kier alpha value is -1.36. The molecule has 1 atom stereocenters. The number of anilines is 2. The van der Waals surface area contributed by atoms with Crippen molar-refractivity contribution in [1.29, 1.82) is 0 Å². The van der Waals surface area contributed by atoms with Crippen molar-refractivity contribution in [1.82, 2.24) is 9.97 Å². The van der Waals surface area contributed by atoms with Gasteiger partial charge in [0.15, 0.2) is 0 Å². The number of hydrogen-bond donors (Lipinski definition) is 1. The predicted octanol–water partition coefficient (Wildman–Crippen LogP) is 0.920. The molecule has 1 rings (SSSR count). The fraction of sp³-hybridized carbons (Fsp3) is 0.600. The average Bonchev–Trinajstić information content (AvgIpc) is 2.19. The Balaban J connectivity index is 2.82. The second-order valence-electron chi connectivity index (χ2n) is 3.37. The Morgan fingerprint density at radius 3 is 2.87 bits per heavy atom. The minimum Gasteiger partial charge on any atom is -0.384 e. The highest BCUT2D eigenvalue weighted by Gasteiger charge is 2.14. The van der Waals surface area contributed by atoms with E-state index in [1.807, 2.05) is 0 Å². The largest absolute Gasteiger partial charge is 0.384 e. The summed E-state index contributed by atoms with van der Waals surface area (Å²) in [6.45, 7) is 5.60. The minimum absolute atomic E-state index is 0.238. The van der Waals surface area contributed by atoms with E-state index >= 15 is 0 Å². The highest BCUT2D eigenvalue weighted by Crippen LogP contribution is 2.11. The van der Waals surface area contributed by atoms with Crippen molar-refractivity contribution in [3.05, 3.63) is 12.3 Å². The van der Waals surface area contributed by atoms with Gasteiger partial charge in [-0.2, -0.15) is 4.98 Å². The molecule has 15 heavy (non-hydrogen) atoms. The SMILES string of the molecule is CCN(c1nccc(N)n1)C(C)COC. The van der Waals surface area contributed by atoms with Crippen molar-refractivity contribution in [2.75, 3.05) is 30.9 Å². The molecule has 0 bridgehead atoms. The standard InChI is InChI=1S/C10H18N4O/c1-4-14(8(2)7-15-3)10-12-6-5-9(11)13-10/h5-6,8H,4,7H2,1-3H3,(H2,11,12,13). The summed E-state index contributed by atoms with van der Waals surface area (Å²) in [5, 5.41) is 0. The van der Waals surface area contributed by atoms with Gasteiger partial charge in [0.05, 0.1) is 12.6 Å². The molecule has 0 radical (unpaired) electrons. The Labute approximate surface area is 90.3 Å². The van der Waals surface area contributed by atoms with Gasteiger partial charge in [-0.25, -0.2) is 4.98 Å². The molecule has 5 nitrogen and oxygen atoms in total. The lowest BCUT2D eigenvalue weighted by molar-refractivity contribution is 0.181. The maximum absolute atomic E-state index is 5.62. The minimum atomic E-state index is 0.238. The number of methoxy groups -OCH3 is 1. The van der Waals surface area contributed by atoms with Gasteiger partial charge >= 0.3 is 0 Å². The molecule has 1 heterocycles. The van der Waals surface area contributed by atoms with Crippen molar-refractivity contribution in [2.45, 2.75) is 19.9 Å². The first-order valence-electron chi connectivity index (χ1n) is 5.03. The summed E-state index contributed by atoms with van der Waals surface area (Å²) in [4.78, 5) is 10.4. The lowest BCUT2D eigenvalue weighted by Gasteiger charge is -2.27. The van der Waals surface area contributed by atoms with Crippen LogP contribution in [0.1, 0.15) is 13.8 Å². The van der Waals surface area contributed by atoms with Gasteiger partial charge < -0.3 is 15.4 Å². The molecule has 1 aromatic heterocycles. The van der Waals surface area contributed by atoms with E-state index < -0.39 is 0 Å². The fourth-order valence-electron chi connectivity index (χ4n) is 1.48. The maximum atomic E-state index is 5.62. The number of nitrogens with zero attached hydrogens (tertiary/aromatic N) is 3. The summed E-state index contributed by atoms with van der Waals surface area (Å²) in [5.74, 6) is 1.14. The molecule has 0 saturated carbocycles. The van der Waals surface area contributed by atoms with Crippen LogP contribution in [-0.2, 0) is 4.74 Å². The molecular formula is C10H18N4O. The van der Waals surface area contributed by atoms with Crippen LogP contribution in [0.4, 0.5) is 11.8 Å². The fourth-order valence-corrected chi connectivity index (χ4v) is 1.48. The summed E-state index contributed by atoms with van der Waals surface area (Å²) in [6, 6.07) is 1.92. The van der Waals surface area contributed by atoms with Crippen LogP contribution in [0.5, 0.6) is 0 Å². The molecule has 0 saturated heterocycles. The Kier molecular flexibility index (Phi) is 4.30. The first-order chi connectivity index (χ1) is 7.19. The zero-order valence-corrected chi connectivity index (χ0v) is 9.47. The van der Waals surface area contributed by atoms with E-state index in [1.165, 1.54) is 0 Å². The lowest BCUT2D eigenvalue weighted by atomic mass is 10.3. The number of nitrogens with two attached hydrogens (primary N) is 1. The number of hydrogen-bond acceptors (Lipinski definition) is 5. The van der Waals surface area contributed by atoms with E-state index in [9.17, 15) is 0 Å². The second-order valence-corrected chi connectivity index (χ2v) is 3.37. The molecule has 0 aliphatic heterocycles. The molecule has 1 aromatic rings. The van der Waals surface area contributed by atoms with Gasteiger partial charge in [-0.05, 0) is 19.9 Å². The molecule has 0 spiro atoms. The second kappa shape index (κ2) is 5.50. The first kappa shape index (κ1) is 11.7. The number of rotatable bonds is 5. The zero-order chi connectivity index (χ0) is 11.3. The molecule has 2 N–H and O–H groups in total. The van der Waals surface area contributed by atoms with Crippen LogP contribution in [0.2, 0.25) is 0 Å². The van der Waals surface area contributed by atoms with Gasteiger partial charge in [0.2, 0.25) is 5.95 Å². The van der Waals surface area contributed by atoms with Crippen LogP contribution >= 0.6 is 0 Å². The quantitative estimate of drug-likeness (QED) is 0.783. The third kappa shape index (κ3) is 3.06.